The number of hydrogen-bond donors (Lipinski definition) is 2. The van der Waals surface area contributed by atoms with Crippen LogP contribution in [0.1, 0.15) is 25.0 Å². The molecule has 3 rings (SSSR count). The van der Waals surface area contributed by atoms with Crippen molar-refractivity contribution in [1.29, 1.82) is 5.41 Å². The van der Waals surface area contributed by atoms with Crippen molar-refractivity contribution in [3.05, 3.63) is 36.2 Å². The molecule has 0 aliphatic carbocycles. The zero-order valence-electron chi connectivity index (χ0n) is 18.9. The van der Waals surface area contributed by atoms with Gasteiger partial charge >= 0.3 is 6.18 Å². The number of anilines is 1. The Morgan fingerprint density at radius 1 is 1.21 bits per heavy atom. The average Bonchev–Trinajstić information content (AvgIpc) is 2.83. The van der Waals surface area contributed by atoms with Gasteiger partial charge in [0.1, 0.15) is 23.9 Å². The van der Waals surface area contributed by atoms with Crippen LogP contribution in [0.15, 0.2) is 40.8 Å². The predicted molar refractivity (Wildman–Crippen MR) is 121 cm³/mol. The second kappa shape index (κ2) is 11.7. The third-order valence-corrected chi connectivity index (χ3v) is 5.50. The third-order valence-electron chi connectivity index (χ3n) is 5.50. The molecule has 0 atom stereocenters. The molecule has 1 aromatic heterocycles. The summed E-state index contributed by atoms with van der Waals surface area (Å²) in [5.41, 5.74) is 1.63. The van der Waals surface area contributed by atoms with Crippen LogP contribution in [0.4, 0.5) is 19.0 Å². The summed E-state index contributed by atoms with van der Waals surface area (Å²) in [6, 6.07) is 7.29. The quantitative estimate of drug-likeness (QED) is 0.139. The van der Waals surface area contributed by atoms with Crippen LogP contribution in [-0.4, -0.2) is 55.4 Å². The number of alkyl halides is 3. The maximum Gasteiger partial charge on any atom is 0.389 e. The Morgan fingerprint density at radius 3 is 2.53 bits per heavy atom. The second-order valence-electron chi connectivity index (χ2n) is 7.88. The summed E-state index contributed by atoms with van der Waals surface area (Å²) in [4.78, 5) is 11.0. The lowest BCUT2D eigenvalue weighted by Crippen LogP contribution is -2.37. The highest BCUT2D eigenvalue weighted by atomic mass is 19.4. The number of nitrogens with one attached hydrogen (secondary N) is 1. The van der Waals surface area contributed by atoms with E-state index in [1.807, 2.05) is 17.0 Å². The molecule has 0 bridgehead atoms. The molecule has 9 nitrogen and oxygen atoms in total. The first-order valence-corrected chi connectivity index (χ1v) is 10.9. The molecule has 34 heavy (non-hydrogen) atoms. The van der Waals surface area contributed by atoms with E-state index in [2.05, 4.69) is 20.3 Å². The molecular weight excluding hydrogens is 451 g/mol. The van der Waals surface area contributed by atoms with Crippen molar-refractivity contribution < 1.29 is 22.6 Å². The number of aromatic nitrogens is 2. The van der Waals surface area contributed by atoms with Crippen molar-refractivity contribution in [2.24, 2.45) is 22.1 Å². The van der Waals surface area contributed by atoms with Gasteiger partial charge in [-0.2, -0.15) is 13.2 Å². The highest BCUT2D eigenvalue weighted by Gasteiger charge is 2.29. The molecule has 0 spiro atoms. The Kier molecular flexibility index (Phi) is 8.74. The molecular formula is C22H28F3N7O2. The number of nitrogens with zero attached hydrogens (tertiary/aromatic N) is 5. The van der Waals surface area contributed by atoms with Crippen LogP contribution in [-0.2, 0) is 11.2 Å². The molecule has 0 unspecified atom stereocenters. The van der Waals surface area contributed by atoms with Crippen LogP contribution in [0.25, 0.3) is 11.3 Å². The largest absolute Gasteiger partial charge is 0.491 e. The SMILES string of the molecule is COCCOc1ccc(-c2ncc(CCC(F)(F)F)nc2N2CCC(C(=N)/N=N\N)CC2)cc1. The maximum absolute atomic E-state index is 12.7. The van der Waals surface area contributed by atoms with Gasteiger partial charge in [-0.05, 0) is 43.5 Å². The Morgan fingerprint density at radius 2 is 1.91 bits per heavy atom. The lowest BCUT2D eigenvalue weighted by atomic mass is 9.95. The number of rotatable bonds is 9. The summed E-state index contributed by atoms with van der Waals surface area (Å²) < 4.78 is 48.8. The van der Waals surface area contributed by atoms with Crippen LogP contribution < -0.4 is 15.5 Å². The number of ether oxygens (including phenoxy) is 2. The molecule has 2 aromatic rings. The van der Waals surface area contributed by atoms with E-state index in [1.165, 1.54) is 6.20 Å². The van der Waals surface area contributed by atoms with Gasteiger partial charge in [-0.15, -0.1) is 5.11 Å². The first-order valence-electron chi connectivity index (χ1n) is 10.9. The number of nitrogens with two attached hydrogens (primary N) is 1. The highest BCUT2D eigenvalue weighted by molar-refractivity contribution is 5.82. The molecule has 1 fully saturated rings. The number of benzene rings is 1. The van der Waals surface area contributed by atoms with E-state index >= 15 is 0 Å². The molecule has 0 saturated carbocycles. The second-order valence-corrected chi connectivity index (χ2v) is 7.88. The minimum absolute atomic E-state index is 0.0862. The molecule has 1 aromatic carbocycles. The number of halogens is 3. The maximum atomic E-state index is 12.7. The zero-order chi connectivity index (χ0) is 24.6. The normalized spacial score (nSPS) is 15.1. The summed E-state index contributed by atoms with van der Waals surface area (Å²) in [5.74, 6) is 6.29. The van der Waals surface area contributed by atoms with Gasteiger partial charge in [0.2, 0.25) is 0 Å². The fourth-order valence-corrected chi connectivity index (χ4v) is 3.69. The van der Waals surface area contributed by atoms with Crippen LogP contribution >= 0.6 is 0 Å². The van der Waals surface area contributed by atoms with E-state index < -0.39 is 12.6 Å². The number of amidine groups is 1. The van der Waals surface area contributed by atoms with Crippen molar-refractivity contribution in [3.63, 3.8) is 0 Å². The summed E-state index contributed by atoms with van der Waals surface area (Å²) in [7, 11) is 1.60. The summed E-state index contributed by atoms with van der Waals surface area (Å²) in [5, 5.41) is 14.7. The molecule has 1 saturated heterocycles. The first-order chi connectivity index (χ1) is 16.3. The highest BCUT2D eigenvalue weighted by Crippen LogP contribution is 2.32. The minimum Gasteiger partial charge on any atom is -0.491 e. The van der Waals surface area contributed by atoms with Gasteiger partial charge < -0.3 is 20.2 Å². The van der Waals surface area contributed by atoms with Gasteiger partial charge in [0.15, 0.2) is 5.82 Å². The third kappa shape index (κ3) is 7.11. The van der Waals surface area contributed by atoms with E-state index in [4.69, 9.17) is 20.7 Å². The fraction of sp³-hybridized carbons (Fsp3) is 0.500. The average molecular weight is 480 g/mol. The van der Waals surface area contributed by atoms with Crippen LogP contribution in [0.5, 0.6) is 5.75 Å². The van der Waals surface area contributed by atoms with E-state index in [1.54, 1.807) is 19.2 Å². The van der Waals surface area contributed by atoms with Crippen LogP contribution in [0, 0.1) is 11.3 Å². The van der Waals surface area contributed by atoms with E-state index in [0.29, 0.717) is 56.4 Å². The van der Waals surface area contributed by atoms with Crippen molar-refractivity contribution in [2.45, 2.75) is 31.9 Å². The molecule has 1 aliphatic rings. The Labute approximate surface area is 195 Å². The number of hydrogen-bond acceptors (Lipinski definition) is 7. The summed E-state index contributed by atoms with van der Waals surface area (Å²) in [6.45, 7) is 1.99. The summed E-state index contributed by atoms with van der Waals surface area (Å²) in [6.07, 6.45) is -2.82. The fourth-order valence-electron chi connectivity index (χ4n) is 3.69. The van der Waals surface area contributed by atoms with Crippen molar-refractivity contribution in [2.75, 3.05) is 38.3 Å². The lowest BCUT2D eigenvalue weighted by Gasteiger charge is -2.33. The minimum atomic E-state index is -4.27. The van der Waals surface area contributed by atoms with Crippen LogP contribution in [0.2, 0.25) is 0 Å². The van der Waals surface area contributed by atoms with E-state index in [0.717, 1.165) is 5.56 Å². The standard InChI is InChI=1S/C22H28F3N7O2/c1-33-12-13-34-18-4-2-15(3-5-18)19-21(29-17(14-28-19)6-9-22(23,24)25)32-10-7-16(8-11-32)20(26)30-31-27/h2-5,14,16H,6-13H2,1H3,(H3,26,27,30). The Bertz CT molecular complexity index is 975. The van der Waals surface area contributed by atoms with E-state index in [9.17, 15) is 13.2 Å². The molecule has 0 amide bonds. The number of methoxy groups -OCH3 is 1. The molecule has 3 N–H and O–H groups in total. The van der Waals surface area contributed by atoms with Crippen LogP contribution in [0.3, 0.4) is 0 Å². The summed E-state index contributed by atoms with van der Waals surface area (Å²) >= 11 is 0. The van der Waals surface area contributed by atoms with Gasteiger partial charge in [-0.3, -0.25) is 10.4 Å². The smallest absolute Gasteiger partial charge is 0.389 e. The van der Waals surface area contributed by atoms with E-state index in [-0.39, 0.29) is 23.9 Å². The van der Waals surface area contributed by atoms with Gasteiger partial charge in [0.25, 0.3) is 0 Å². The van der Waals surface area contributed by atoms with Gasteiger partial charge in [-0.1, -0.05) is 5.22 Å². The lowest BCUT2D eigenvalue weighted by molar-refractivity contribution is -0.134. The monoisotopic (exact) mass is 479 g/mol. The molecule has 12 heteroatoms. The predicted octanol–water partition coefficient (Wildman–Crippen LogP) is 4.18. The Hall–Kier alpha value is -3.28. The van der Waals surface area contributed by atoms with Crippen molar-refractivity contribution >= 4 is 11.7 Å². The molecule has 1 aliphatic heterocycles. The van der Waals surface area contributed by atoms with Gasteiger partial charge in [0.05, 0.1) is 12.3 Å². The Balaban J connectivity index is 1.83. The molecule has 0 radical (unpaired) electrons. The number of piperidine rings is 1. The van der Waals surface area contributed by atoms with Gasteiger partial charge in [0, 0.05) is 44.3 Å². The number of aryl methyl sites for hydroxylation is 1. The first kappa shape index (κ1) is 25.3. The van der Waals surface area contributed by atoms with Crippen molar-refractivity contribution in [3.8, 4) is 17.0 Å². The zero-order valence-corrected chi connectivity index (χ0v) is 18.9. The van der Waals surface area contributed by atoms with Crippen molar-refractivity contribution in [1.82, 2.24) is 9.97 Å². The molecule has 2 heterocycles. The topological polar surface area (TPSA) is 122 Å². The molecule has 184 valence electrons. The van der Waals surface area contributed by atoms with Gasteiger partial charge in [-0.25, -0.2) is 4.98 Å².